The highest BCUT2D eigenvalue weighted by Gasteiger charge is 2.16. The molecule has 0 rings (SSSR count). The van der Waals surface area contributed by atoms with E-state index in [1.54, 1.807) is 26.3 Å². The van der Waals surface area contributed by atoms with Gasteiger partial charge in [0.25, 0.3) is 0 Å². The molecule has 0 unspecified atom stereocenters. The SMILES string of the molecule is C=C(C)C(C)(C)NF.CC.CC. The summed E-state index contributed by atoms with van der Waals surface area (Å²) >= 11 is 0. The van der Waals surface area contributed by atoms with Crippen LogP contribution in [-0.4, -0.2) is 5.54 Å². The average Bonchev–Trinajstić information content (AvgIpc) is 2.11. The molecule has 76 valence electrons. The second kappa shape index (κ2) is 10.6. The number of rotatable bonds is 2. The summed E-state index contributed by atoms with van der Waals surface area (Å²) in [6.45, 7) is 16.8. The predicted molar refractivity (Wildman–Crippen MR) is 55.8 cm³/mol. The van der Waals surface area contributed by atoms with Crippen LogP contribution in [-0.2, 0) is 0 Å². The van der Waals surface area contributed by atoms with Gasteiger partial charge >= 0.3 is 0 Å². The molecule has 0 spiro atoms. The largest absolute Gasteiger partial charge is 0.150 e. The first-order valence-corrected chi connectivity index (χ1v) is 4.54. The number of nitrogens with one attached hydrogen (secondary N) is 1. The van der Waals surface area contributed by atoms with Crippen LogP contribution in [0.1, 0.15) is 48.5 Å². The van der Waals surface area contributed by atoms with Crippen molar-refractivity contribution in [3.8, 4) is 0 Å². The molecule has 0 aliphatic heterocycles. The Bertz CT molecular complexity index is 98.0. The molecule has 0 aliphatic rings. The highest BCUT2D eigenvalue weighted by atomic mass is 19.2. The van der Waals surface area contributed by atoms with Crippen molar-refractivity contribution in [2.75, 3.05) is 0 Å². The van der Waals surface area contributed by atoms with Crippen LogP contribution in [0.15, 0.2) is 12.2 Å². The fourth-order valence-electron chi connectivity index (χ4n) is 0.0807. The Kier molecular flexibility index (Phi) is 15.6. The van der Waals surface area contributed by atoms with Crippen molar-refractivity contribution in [2.24, 2.45) is 0 Å². The second-order valence-electron chi connectivity index (χ2n) is 2.50. The number of hydrogen-bond donors (Lipinski definition) is 1. The maximum Gasteiger partial charge on any atom is 0.0628 e. The molecule has 0 aromatic heterocycles. The third-order valence-electron chi connectivity index (χ3n) is 1.30. The lowest BCUT2D eigenvalue weighted by atomic mass is 9.99. The van der Waals surface area contributed by atoms with Crippen molar-refractivity contribution in [2.45, 2.75) is 54.0 Å². The lowest BCUT2D eigenvalue weighted by molar-refractivity contribution is 0.232. The van der Waals surface area contributed by atoms with Crippen molar-refractivity contribution < 1.29 is 4.48 Å². The third-order valence-corrected chi connectivity index (χ3v) is 1.30. The highest BCUT2D eigenvalue weighted by Crippen LogP contribution is 2.11. The minimum absolute atomic E-state index is 0.569. The average molecular weight is 177 g/mol. The fourth-order valence-corrected chi connectivity index (χ4v) is 0.0807. The molecule has 0 aliphatic carbocycles. The molecular weight excluding hydrogens is 153 g/mol. The van der Waals surface area contributed by atoms with Gasteiger partial charge in [-0.15, -0.1) is 10.0 Å². The molecule has 0 fully saturated rings. The van der Waals surface area contributed by atoms with E-state index in [0.29, 0.717) is 0 Å². The summed E-state index contributed by atoms with van der Waals surface area (Å²) in [4.78, 5) is 0. The van der Waals surface area contributed by atoms with Gasteiger partial charge in [0.2, 0.25) is 0 Å². The van der Waals surface area contributed by atoms with Gasteiger partial charge in [-0.1, -0.05) is 39.8 Å². The topological polar surface area (TPSA) is 12.0 Å². The summed E-state index contributed by atoms with van der Waals surface area (Å²) in [7, 11) is 0. The van der Waals surface area contributed by atoms with E-state index in [1.165, 1.54) is 0 Å². The molecule has 1 nitrogen and oxygen atoms in total. The van der Waals surface area contributed by atoms with E-state index < -0.39 is 5.54 Å². The molecule has 2 heteroatoms. The lowest BCUT2D eigenvalue weighted by Gasteiger charge is -2.20. The van der Waals surface area contributed by atoms with Crippen LogP contribution in [0.3, 0.4) is 0 Å². The van der Waals surface area contributed by atoms with Crippen LogP contribution in [0.25, 0.3) is 0 Å². The molecular formula is C10H24FN. The molecule has 0 atom stereocenters. The first kappa shape index (κ1) is 17.6. The first-order valence-electron chi connectivity index (χ1n) is 4.54. The summed E-state index contributed by atoms with van der Waals surface area (Å²) in [5.41, 5.74) is 1.86. The first-order chi connectivity index (χ1) is 5.50. The summed E-state index contributed by atoms with van der Waals surface area (Å²) < 4.78 is 11.7. The number of hydrogen-bond acceptors (Lipinski definition) is 1. The van der Waals surface area contributed by atoms with Gasteiger partial charge in [-0.2, -0.15) is 0 Å². The van der Waals surface area contributed by atoms with E-state index in [9.17, 15) is 4.48 Å². The van der Waals surface area contributed by atoms with Crippen LogP contribution in [0.2, 0.25) is 0 Å². The summed E-state index contributed by atoms with van der Waals surface area (Å²) in [5, 5.41) is 0. The van der Waals surface area contributed by atoms with Crippen molar-refractivity contribution >= 4 is 0 Å². The molecule has 0 saturated carbocycles. The Morgan fingerprint density at radius 2 is 1.42 bits per heavy atom. The van der Waals surface area contributed by atoms with Crippen LogP contribution in [0.5, 0.6) is 0 Å². The Balaban J connectivity index is -0.000000175. The van der Waals surface area contributed by atoms with Gasteiger partial charge in [0.1, 0.15) is 0 Å². The zero-order valence-corrected chi connectivity index (χ0v) is 9.59. The Morgan fingerprint density at radius 1 is 1.17 bits per heavy atom. The monoisotopic (exact) mass is 177 g/mol. The van der Waals surface area contributed by atoms with Gasteiger partial charge in [0.05, 0.1) is 5.54 Å². The molecule has 0 aromatic rings. The predicted octanol–water partition coefficient (Wildman–Crippen LogP) is 3.87. The highest BCUT2D eigenvalue weighted by molar-refractivity contribution is 5.07. The lowest BCUT2D eigenvalue weighted by Crippen LogP contribution is -2.33. The van der Waals surface area contributed by atoms with Crippen LogP contribution in [0, 0.1) is 0 Å². The molecule has 0 aromatic carbocycles. The third kappa shape index (κ3) is 9.63. The summed E-state index contributed by atoms with van der Waals surface area (Å²) in [6.07, 6.45) is 0. The van der Waals surface area contributed by atoms with Gasteiger partial charge in [-0.05, 0) is 20.8 Å². The molecule has 0 saturated heterocycles. The van der Waals surface area contributed by atoms with Gasteiger partial charge in [-0.3, -0.25) is 0 Å². The van der Waals surface area contributed by atoms with Gasteiger partial charge in [0, 0.05) is 0 Å². The smallest absolute Gasteiger partial charge is 0.0628 e. The van der Waals surface area contributed by atoms with E-state index in [4.69, 9.17) is 0 Å². The van der Waals surface area contributed by atoms with E-state index in [2.05, 4.69) is 6.58 Å². The van der Waals surface area contributed by atoms with E-state index in [1.807, 2.05) is 27.7 Å². The Labute approximate surface area is 77.0 Å². The molecule has 0 heterocycles. The summed E-state index contributed by atoms with van der Waals surface area (Å²) in [6, 6.07) is 0. The zero-order valence-electron chi connectivity index (χ0n) is 9.59. The quantitative estimate of drug-likeness (QED) is 0.499. The van der Waals surface area contributed by atoms with Crippen LogP contribution < -0.4 is 5.54 Å². The molecule has 0 radical (unpaired) electrons. The zero-order chi connectivity index (χ0) is 10.8. The van der Waals surface area contributed by atoms with E-state index in [0.717, 1.165) is 5.57 Å². The van der Waals surface area contributed by atoms with E-state index in [-0.39, 0.29) is 0 Å². The van der Waals surface area contributed by atoms with Gasteiger partial charge in [-0.25, -0.2) is 0 Å². The Morgan fingerprint density at radius 3 is 1.42 bits per heavy atom. The molecule has 12 heavy (non-hydrogen) atoms. The van der Waals surface area contributed by atoms with Crippen LogP contribution in [0.4, 0.5) is 4.48 Å². The fraction of sp³-hybridized carbons (Fsp3) is 0.800. The number of halogens is 1. The minimum Gasteiger partial charge on any atom is -0.150 e. The molecule has 0 bridgehead atoms. The van der Waals surface area contributed by atoms with Gasteiger partial charge in [0.15, 0.2) is 0 Å². The maximum absolute atomic E-state index is 11.7. The van der Waals surface area contributed by atoms with Crippen molar-refractivity contribution in [1.82, 2.24) is 5.54 Å². The normalized spacial score (nSPS) is 8.67. The van der Waals surface area contributed by atoms with Gasteiger partial charge < -0.3 is 0 Å². The maximum atomic E-state index is 11.7. The van der Waals surface area contributed by atoms with E-state index >= 15 is 0 Å². The van der Waals surface area contributed by atoms with Crippen LogP contribution >= 0.6 is 0 Å². The second-order valence-corrected chi connectivity index (χ2v) is 2.50. The standard InChI is InChI=1S/C6H12FN.2C2H6/c1-5(2)6(3,4)8-7;2*1-2/h8H,1H2,2-4H3;2*1-2H3. The molecule has 0 amide bonds. The molecule has 1 N–H and O–H groups in total. The van der Waals surface area contributed by atoms with Crippen molar-refractivity contribution in [1.29, 1.82) is 0 Å². The Hall–Kier alpha value is -0.370. The van der Waals surface area contributed by atoms with Crippen molar-refractivity contribution in [3.05, 3.63) is 12.2 Å². The minimum atomic E-state index is -0.569. The summed E-state index contributed by atoms with van der Waals surface area (Å²) in [5.74, 6) is 0. The van der Waals surface area contributed by atoms with Crippen molar-refractivity contribution in [3.63, 3.8) is 0 Å².